The minimum absolute atomic E-state index is 0.485. The average molecular weight is 563 g/mol. The SMILES string of the molecule is Cc1cc(C)cc(P(c2cc(C)cc(C)c2)[C@@H]2C=CCC[C@H]2P(c2cc(C)cc(C)c2)c2cc(C)cc(C)c2)c1. The molecule has 0 N–H and O–H groups in total. The van der Waals surface area contributed by atoms with Crippen LogP contribution in [-0.4, -0.2) is 11.3 Å². The fraction of sp³-hybridized carbons (Fsp3) is 0.316. The minimum Gasteiger partial charge on any atom is -0.0878 e. The molecule has 2 atom stereocenters. The van der Waals surface area contributed by atoms with Gasteiger partial charge in [-0.2, -0.15) is 0 Å². The number of allylic oxidation sites excluding steroid dienone is 2. The predicted octanol–water partition coefficient (Wildman–Crippen LogP) is 8.81. The molecule has 1 aliphatic rings. The highest BCUT2D eigenvalue weighted by Crippen LogP contribution is 2.55. The Labute approximate surface area is 245 Å². The third-order valence-corrected chi connectivity index (χ3v) is 13.8. The Morgan fingerprint density at radius 3 is 1.05 bits per heavy atom. The Bertz CT molecular complexity index is 1380. The molecule has 0 fully saturated rings. The zero-order chi connectivity index (χ0) is 28.6. The first-order chi connectivity index (χ1) is 19.1. The van der Waals surface area contributed by atoms with Gasteiger partial charge in [0, 0.05) is 5.66 Å². The van der Waals surface area contributed by atoms with Crippen LogP contribution in [-0.2, 0) is 0 Å². The molecule has 4 aromatic carbocycles. The van der Waals surface area contributed by atoms with E-state index in [4.69, 9.17) is 0 Å². The molecule has 4 aromatic rings. The molecule has 0 nitrogen and oxygen atoms in total. The summed E-state index contributed by atoms with van der Waals surface area (Å²) in [5.74, 6) is 0. The molecule has 0 saturated carbocycles. The van der Waals surface area contributed by atoms with E-state index in [0.717, 1.165) is 0 Å². The van der Waals surface area contributed by atoms with E-state index in [1.165, 1.54) is 68.0 Å². The highest BCUT2D eigenvalue weighted by atomic mass is 31.1. The lowest BCUT2D eigenvalue weighted by atomic mass is 10.1. The van der Waals surface area contributed by atoms with Crippen molar-refractivity contribution in [2.45, 2.75) is 79.5 Å². The second-order valence-corrected chi connectivity index (χ2v) is 17.0. The van der Waals surface area contributed by atoms with E-state index in [9.17, 15) is 0 Å². The van der Waals surface area contributed by atoms with Gasteiger partial charge in [-0.3, -0.25) is 0 Å². The maximum atomic E-state index is 2.62. The van der Waals surface area contributed by atoms with Gasteiger partial charge in [0.05, 0.1) is 0 Å². The normalized spacial score (nSPS) is 17.1. The smallest absolute Gasteiger partial charge is 0.0124 e. The molecule has 0 amide bonds. The van der Waals surface area contributed by atoms with Crippen molar-refractivity contribution in [2.24, 2.45) is 0 Å². The quantitative estimate of drug-likeness (QED) is 0.163. The molecule has 0 bridgehead atoms. The molecule has 0 saturated heterocycles. The fourth-order valence-corrected chi connectivity index (χ4v) is 13.9. The molecule has 0 radical (unpaired) electrons. The van der Waals surface area contributed by atoms with E-state index in [2.05, 4.69) is 140 Å². The number of hydrogen-bond acceptors (Lipinski definition) is 0. The summed E-state index contributed by atoms with van der Waals surface area (Å²) in [7, 11) is -1.14. The van der Waals surface area contributed by atoms with Crippen molar-refractivity contribution in [3.63, 3.8) is 0 Å². The average Bonchev–Trinajstić information content (AvgIpc) is 2.83. The van der Waals surface area contributed by atoms with E-state index < -0.39 is 15.8 Å². The van der Waals surface area contributed by atoms with Gasteiger partial charge >= 0.3 is 0 Å². The second kappa shape index (κ2) is 12.1. The van der Waals surface area contributed by atoms with E-state index in [1.807, 2.05) is 0 Å². The Balaban J connectivity index is 1.75. The van der Waals surface area contributed by atoms with Gasteiger partial charge in [0.25, 0.3) is 0 Å². The van der Waals surface area contributed by atoms with Crippen LogP contribution in [0.15, 0.2) is 84.9 Å². The van der Waals surface area contributed by atoms with Gasteiger partial charge in [-0.05, 0) is 111 Å². The summed E-state index contributed by atoms with van der Waals surface area (Å²) in [6.07, 6.45) is 7.51. The third-order valence-electron chi connectivity index (χ3n) is 7.92. The van der Waals surface area contributed by atoms with Crippen LogP contribution in [0.5, 0.6) is 0 Å². The first-order valence-electron chi connectivity index (χ1n) is 14.7. The Kier molecular flexibility index (Phi) is 8.80. The van der Waals surface area contributed by atoms with Crippen molar-refractivity contribution >= 4 is 37.1 Å². The summed E-state index contributed by atoms with van der Waals surface area (Å²) < 4.78 is 0. The molecule has 0 heterocycles. The van der Waals surface area contributed by atoms with Gasteiger partial charge in [0.2, 0.25) is 0 Å². The van der Waals surface area contributed by atoms with Crippen LogP contribution >= 0.6 is 15.8 Å². The van der Waals surface area contributed by atoms with Crippen LogP contribution < -0.4 is 21.2 Å². The van der Waals surface area contributed by atoms with Gasteiger partial charge in [-0.25, -0.2) is 0 Å². The van der Waals surface area contributed by atoms with Gasteiger partial charge < -0.3 is 0 Å². The highest BCUT2D eigenvalue weighted by Gasteiger charge is 2.38. The van der Waals surface area contributed by atoms with Crippen molar-refractivity contribution in [1.29, 1.82) is 0 Å². The number of aryl methyl sites for hydroxylation is 8. The summed E-state index contributed by atoms with van der Waals surface area (Å²) in [5.41, 5.74) is 12.0. The van der Waals surface area contributed by atoms with E-state index in [0.29, 0.717) is 11.3 Å². The highest BCUT2D eigenvalue weighted by molar-refractivity contribution is 7.77. The zero-order valence-electron chi connectivity index (χ0n) is 25.5. The third kappa shape index (κ3) is 6.51. The minimum atomic E-state index is -0.588. The largest absolute Gasteiger partial charge is 0.0878 e. The Morgan fingerprint density at radius 1 is 0.425 bits per heavy atom. The lowest BCUT2D eigenvalue weighted by molar-refractivity contribution is 0.750. The van der Waals surface area contributed by atoms with Crippen LogP contribution in [0.1, 0.15) is 57.3 Å². The van der Waals surface area contributed by atoms with E-state index in [-0.39, 0.29) is 0 Å². The molecule has 0 aliphatic heterocycles. The lowest BCUT2D eigenvalue weighted by Crippen LogP contribution is -2.36. The Hall–Kier alpha value is -2.52. The summed E-state index contributed by atoms with van der Waals surface area (Å²) in [4.78, 5) is 0. The summed E-state index contributed by atoms with van der Waals surface area (Å²) >= 11 is 0. The lowest BCUT2D eigenvalue weighted by Gasteiger charge is -2.40. The summed E-state index contributed by atoms with van der Waals surface area (Å²) in [6, 6.07) is 29.2. The fourth-order valence-electron chi connectivity index (χ4n) is 6.73. The van der Waals surface area contributed by atoms with Crippen molar-refractivity contribution < 1.29 is 0 Å². The monoisotopic (exact) mass is 562 g/mol. The zero-order valence-corrected chi connectivity index (χ0v) is 27.3. The van der Waals surface area contributed by atoms with Crippen LogP contribution in [0.3, 0.4) is 0 Å². The van der Waals surface area contributed by atoms with Crippen LogP contribution in [0.4, 0.5) is 0 Å². The van der Waals surface area contributed by atoms with Crippen molar-refractivity contribution in [1.82, 2.24) is 0 Å². The molecule has 0 aromatic heterocycles. The van der Waals surface area contributed by atoms with Crippen molar-refractivity contribution in [3.8, 4) is 0 Å². The van der Waals surface area contributed by atoms with Crippen LogP contribution in [0.25, 0.3) is 0 Å². The molecule has 1 aliphatic carbocycles. The van der Waals surface area contributed by atoms with Gasteiger partial charge in [-0.1, -0.05) is 129 Å². The van der Waals surface area contributed by atoms with Crippen LogP contribution in [0, 0.1) is 55.4 Å². The molecular formula is C38H44P2. The van der Waals surface area contributed by atoms with E-state index >= 15 is 0 Å². The Morgan fingerprint density at radius 2 is 0.725 bits per heavy atom. The molecular weight excluding hydrogens is 518 g/mol. The first-order valence-corrected chi connectivity index (χ1v) is 17.5. The standard InChI is InChI=1S/C38H44P2/c1-25-13-26(2)18-33(17-25)39(34-19-27(3)14-28(4)20-34)37-11-9-10-12-38(37)40(35-21-29(5)15-30(6)22-35)36-23-31(7)16-32(8)24-36/h9,11,13-24,37-38H,10,12H2,1-8H3/t37-,38-/m1/s1. The van der Waals surface area contributed by atoms with Crippen molar-refractivity contribution in [2.75, 3.05) is 0 Å². The van der Waals surface area contributed by atoms with Gasteiger partial charge in [0.15, 0.2) is 0 Å². The number of hydrogen-bond donors (Lipinski definition) is 0. The molecule has 40 heavy (non-hydrogen) atoms. The first kappa shape index (κ1) is 29.0. The summed E-state index contributed by atoms with van der Waals surface area (Å²) in [6.45, 7) is 18.1. The molecule has 0 spiro atoms. The molecule has 5 rings (SSSR count). The van der Waals surface area contributed by atoms with Crippen molar-refractivity contribution in [3.05, 3.63) is 129 Å². The van der Waals surface area contributed by atoms with E-state index in [1.54, 1.807) is 10.6 Å². The summed E-state index contributed by atoms with van der Waals surface area (Å²) in [5, 5.41) is 6.13. The topological polar surface area (TPSA) is 0 Å². The molecule has 206 valence electrons. The number of benzene rings is 4. The van der Waals surface area contributed by atoms with Gasteiger partial charge in [-0.15, -0.1) is 0 Å². The van der Waals surface area contributed by atoms with Gasteiger partial charge in [0.1, 0.15) is 0 Å². The van der Waals surface area contributed by atoms with Crippen LogP contribution in [0.2, 0.25) is 0 Å². The second-order valence-electron chi connectivity index (χ2n) is 12.2. The molecule has 0 unspecified atom stereocenters. The number of rotatable bonds is 6. The maximum absolute atomic E-state index is 2.62. The molecule has 2 heteroatoms. The predicted molar refractivity (Wildman–Crippen MR) is 182 cm³/mol. The maximum Gasteiger partial charge on any atom is 0.0124 e.